The third-order valence-corrected chi connectivity index (χ3v) is 7.66. The van der Waals surface area contributed by atoms with E-state index in [9.17, 15) is 4.79 Å². The van der Waals surface area contributed by atoms with Crippen LogP contribution in [0.15, 0.2) is 48.8 Å². The summed E-state index contributed by atoms with van der Waals surface area (Å²) in [7, 11) is 2.14. The molecule has 4 heterocycles. The number of hydrogen-bond acceptors (Lipinski definition) is 7. The lowest BCUT2D eigenvalue weighted by Crippen LogP contribution is -2.36. The summed E-state index contributed by atoms with van der Waals surface area (Å²) >= 11 is 1.51. The third kappa shape index (κ3) is 4.05. The Morgan fingerprint density at radius 3 is 2.80 bits per heavy atom. The molecular weight excluding hydrogens is 460 g/mol. The van der Waals surface area contributed by atoms with Crippen LogP contribution in [-0.4, -0.2) is 57.4 Å². The number of morpholine rings is 1. The van der Waals surface area contributed by atoms with Crippen LogP contribution in [-0.2, 0) is 22.4 Å². The van der Waals surface area contributed by atoms with Gasteiger partial charge in [0.15, 0.2) is 5.13 Å². The Morgan fingerprint density at radius 1 is 1.20 bits per heavy atom. The molecule has 0 spiro atoms. The van der Waals surface area contributed by atoms with Gasteiger partial charge in [-0.25, -0.2) is 9.67 Å². The summed E-state index contributed by atoms with van der Waals surface area (Å²) in [6, 6.07) is 12.8. The number of carbonyl (C=O) groups is 1. The number of amides is 1. The van der Waals surface area contributed by atoms with Crippen LogP contribution in [0.1, 0.15) is 29.8 Å². The molecule has 6 rings (SSSR count). The van der Waals surface area contributed by atoms with Crippen LogP contribution in [0, 0.1) is 0 Å². The molecule has 4 aromatic rings. The maximum atomic E-state index is 11.7. The number of nitrogens with zero attached hydrogens (tertiary/aromatic N) is 5. The lowest BCUT2D eigenvalue weighted by molar-refractivity contribution is -0.114. The summed E-state index contributed by atoms with van der Waals surface area (Å²) < 4.78 is 7.74. The van der Waals surface area contributed by atoms with Crippen molar-refractivity contribution in [3.05, 3.63) is 65.6 Å². The minimum absolute atomic E-state index is 0.117. The molecule has 1 aromatic carbocycles. The maximum Gasteiger partial charge on any atom is 0.223 e. The molecular formula is C26H26N6O2S. The van der Waals surface area contributed by atoms with E-state index in [1.807, 2.05) is 23.0 Å². The van der Waals surface area contributed by atoms with E-state index in [-0.39, 0.29) is 11.9 Å². The first-order valence-electron chi connectivity index (χ1n) is 11.8. The van der Waals surface area contributed by atoms with Crippen molar-refractivity contribution in [1.82, 2.24) is 24.6 Å². The average Bonchev–Trinajstić information content (AvgIpc) is 3.45. The first kappa shape index (κ1) is 22.1. The fourth-order valence-electron chi connectivity index (χ4n) is 4.87. The quantitative estimate of drug-likeness (QED) is 0.467. The van der Waals surface area contributed by atoms with Crippen molar-refractivity contribution in [1.29, 1.82) is 0 Å². The summed E-state index contributed by atoms with van der Waals surface area (Å²) in [5, 5.41) is 8.57. The van der Waals surface area contributed by atoms with Gasteiger partial charge in [-0.3, -0.25) is 14.7 Å². The van der Waals surface area contributed by atoms with E-state index in [4.69, 9.17) is 14.8 Å². The van der Waals surface area contributed by atoms with Crippen molar-refractivity contribution in [3.63, 3.8) is 0 Å². The minimum atomic E-state index is -0.117. The molecule has 3 aromatic heterocycles. The SMILES string of the molecule is CC(=O)Nc1nc2c(s1)-c1c(c(-c3cccnc3)nn1-c1ccc(C3COCCN3C)cc1)CC2. The topological polar surface area (TPSA) is 85.2 Å². The first-order valence-corrected chi connectivity index (χ1v) is 12.6. The normalized spacial score (nSPS) is 17.6. The van der Waals surface area contributed by atoms with Gasteiger partial charge in [-0.2, -0.15) is 5.10 Å². The molecule has 35 heavy (non-hydrogen) atoms. The van der Waals surface area contributed by atoms with Crippen LogP contribution in [0.5, 0.6) is 0 Å². The number of anilines is 1. The van der Waals surface area contributed by atoms with Gasteiger partial charge in [-0.05, 0) is 49.7 Å². The van der Waals surface area contributed by atoms with Crippen LogP contribution in [0.25, 0.3) is 27.5 Å². The molecule has 9 heteroatoms. The molecule has 0 bridgehead atoms. The Hall–Kier alpha value is -3.40. The number of thiazole rings is 1. The van der Waals surface area contributed by atoms with Gasteiger partial charge in [-0.1, -0.05) is 23.5 Å². The number of hydrogen-bond donors (Lipinski definition) is 1. The smallest absolute Gasteiger partial charge is 0.223 e. The molecule has 1 aliphatic heterocycles. The summed E-state index contributed by atoms with van der Waals surface area (Å²) in [6.45, 7) is 3.92. The number of likely N-dealkylation sites (N-methyl/N-ethyl adjacent to an activating group) is 1. The Labute approximate surface area is 207 Å². The van der Waals surface area contributed by atoms with Crippen molar-refractivity contribution >= 4 is 22.4 Å². The van der Waals surface area contributed by atoms with E-state index >= 15 is 0 Å². The van der Waals surface area contributed by atoms with E-state index in [1.54, 1.807) is 6.20 Å². The fraction of sp³-hybridized carbons (Fsp3) is 0.308. The predicted molar refractivity (Wildman–Crippen MR) is 136 cm³/mol. The highest BCUT2D eigenvalue weighted by Crippen LogP contribution is 2.44. The van der Waals surface area contributed by atoms with Gasteiger partial charge in [0, 0.05) is 37.0 Å². The van der Waals surface area contributed by atoms with Crippen LogP contribution >= 0.6 is 11.3 Å². The molecule has 1 unspecified atom stereocenters. The first-order chi connectivity index (χ1) is 17.1. The zero-order valence-electron chi connectivity index (χ0n) is 19.7. The largest absolute Gasteiger partial charge is 0.378 e. The molecule has 1 saturated heterocycles. The number of nitrogens with one attached hydrogen (secondary N) is 1. The van der Waals surface area contributed by atoms with E-state index < -0.39 is 0 Å². The molecule has 2 aliphatic rings. The van der Waals surface area contributed by atoms with Gasteiger partial charge in [0.05, 0.1) is 46.9 Å². The Bertz CT molecular complexity index is 1380. The van der Waals surface area contributed by atoms with Crippen LogP contribution < -0.4 is 5.32 Å². The molecule has 1 amide bonds. The average molecular weight is 487 g/mol. The van der Waals surface area contributed by atoms with Crippen LogP contribution in [0.2, 0.25) is 0 Å². The molecule has 0 saturated carbocycles. The lowest BCUT2D eigenvalue weighted by atomic mass is 9.95. The summed E-state index contributed by atoms with van der Waals surface area (Å²) in [5.74, 6) is -0.117. The standard InChI is InChI=1S/C26H26N6O2S/c1-16(33)28-26-29-21-10-9-20-23(18-4-3-11-27-14-18)30-32(24(20)25(21)35-26)19-7-5-17(6-8-19)22-15-34-13-12-31(22)2/h3-8,11,14,22H,9-10,12-13,15H2,1-2H3,(H,28,29,33). The fourth-order valence-corrected chi connectivity index (χ4v) is 5.99. The monoisotopic (exact) mass is 486 g/mol. The molecule has 1 fully saturated rings. The predicted octanol–water partition coefficient (Wildman–Crippen LogP) is 4.12. The van der Waals surface area contributed by atoms with E-state index in [0.29, 0.717) is 11.7 Å². The Balaban J connectivity index is 1.46. The van der Waals surface area contributed by atoms with Crippen molar-refractivity contribution in [2.75, 3.05) is 32.1 Å². The number of pyridine rings is 1. The van der Waals surface area contributed by atoms with Gasteiger partial charge in [0.2, 0.25) is 5.91 Å². The van der Waals surface area contributed by atoms with Crippen LogP contribution in [0.3, 0.4) is 0 Å². The van der Waals surface area contributed by atoms with E-state index in [1.165, 1.54) is 29.4 Å². The highest BCUT2D eigenvalue weighted by atomic mass is 32.1. The summed E-state index contributed by atoms with van der Waals surface area (Å²) in [4.78, 5) is 24.1. The molecule has 1 N–H and O–H groups in total. The summed E-state index contributed by atoms with van der Waals surface area (Å²) in [6.07, 6.45) is 5.28. The van der Waals surface area contributed by atoms with Gasteiger partial charge in [0.25, 0.3) is 0 Å². The van der Waals surface area contributed by atoms with Crippen molar-refractivity contribution < 1.29 is 9.53 Å². The van der Waals surface area contributed by atoms with Gasteiger partial charge in [-0.15, -0.1) is 0 Å². The minimum Gasteiger partial charge on any atom is -0.378 e. The highest BCUT2D eigenvalue weighted by molar-refractivity contribution is 7.19. The molecule has 178 valence electrons. The lowest BCUT2D eigenvalue weighted by Gasteiger charge is -2.32. The van der Waals surface area contributed by atoms with Crippen molar-refractivity contribution in [3.8, 4) is 27.5 Å². The summed E-state index contributed by atoms with van der Waals surface area (Å²) in [5.41, 5.74) is 7.39. The van der Waals surface area contributed by atoms with Gasteiger partial charge >= 0.3 is 0 Å². The second kappa shape index (κ2) is 8.99. The zero-order chi connectivity index (χ0) is 23.9. The second-order valence-corrected chi connectivity index (χ2v) is 9.97. The number of ether oxygens (including phenoxy) is 1. The second-order valence-electron chi connectivity index (χ2n) is 8.97. The Morgan fingerprint density at radius 2 is 2.06 bits per heavy atom. The third-order valence-electron chi connectivity index (χ3n) is 6.64. The van der Waals surface area contributed by atoms with Crippen molar-refractivity contribution in [2.24, 2.45) is 0 Å². The number of aromatic nitrogens is 4. The van der Waals surface area contributed by atoms with E-state index in [0.717, 1.165) is 59.2 Å². The van der Waals surface area contributed by atoms with Crippen molar-refractivity contribution in [2.45, 2.75) is 25.8 Å². The van der Waals surface area contributed by atoms with Gasteiger partial charge in [0.1, 0.15) is 0 Å². The Kier molecular flexibility index (Phi) is 5.68. The van der Waals surface area contributed by atoms with Gasteiger partial charge < -0.3 is 10.1 Å². The maximum absolute atomic E-state index is 11.7. The van der Waals surface area contributed by atoms with Crippen LogP contribution in [0.4, 0.5) is 5.13 Å². The molecule has 1 aliphatic carbocycles. The number of rotatable bonds is 4. The number of aryl methyl sites for hydroxylation is 1. The number of benzene rings is 1. The number of fused-ring (bicyclic) bond motifs is 3. The highest BCUT2D eigenvalue weighted by Gasteiger charge is 2.30. The zero-order valence-corrected chi connectivity index (χ0v) is 20.5. The number of carbonyl (C=O) groups excluding carboxylic acids is 1. The van der Waals surface area contributed by atoms with E-state index in [2.05, 4.69) is 46.5 Å². The molecule has 8 nitrogen and oxygen atoms in total. The molecule has 1 atom stereocenters. The molecule has 0 radical (unpaired) electrons.